The first-order valence-electron chi connectivity index (χ1n) is 5.70. The third kappa shape index (κ3) is 3.59. The third-order valence-corrected chi connectivity index (χ3v) is 3.64. The molecule has 2 heterocycles. The maximum Gasteiger partial charge on any atom is 0.0561 e. The molecule has 2 atom stereocenters. The minimum absolute atomic E-state index is 0.428. The molecule has 1 aliphatic rings. The van der Waals surface area contributed by atoms with Crippen LogP contribution in [0.4, 0.5) is 0 Å². The van der Waals surface area contributed by atoms with Crippen molar-refractivity contribution in [3.8, 4) is 0 Å². The molecule has 3 heteroatoms. The lowest BCUT2D eigenvalue weighted by atomic mass is 10.0. The van der Waals surface area contributed by atoms with Crippen molar-refractivity contribution in [3.05, 3.63) is 22.4 Å². The van der Waals surface area contributed by atoms with Gasteiger partial charge in [-0.3, -0.25) is 0 Å². The normalized spacial score (nSPS) is 26.7. The number of ether oxygens (including phenoxy) is 1. The summed E-state index contributed by atoms with van der Waals surface area (Å²) in [6.07, 6.45) is 3.89. The van der Waals surface area contributed by atoms with E-state index in [2.05, 4.69) is 29.1 Å². The van der Waals surface area contributed by atoms with Crippen LogP contribution in [0.2, 0.25) is 0 Å². The van der Waals surface area contributed by atoms with E-state index in [-0.39, 0.29) is 0 Å². The average molecular weight is 225 g/mol. The molecule has 1 saturated heterocycles. The summed E-state index contributed by atoms with van der Waals surface area (Å²) < 4.78 is 5.52. The van der Waals surface area contributed by atoms with Crippen LogP contribution < -0.4 is 5.32 Å². The van der Waals surface area contributed by atoms with Crippen molar-refractivity contribution in [1.82, 2.24) is 5.32 Å². The van der Waals surface area contributed by atoms with Crippen LogP contribution in [0.3, 0.4) is 0 Å². The van der Waals surface area contributed by atoms with Crippen molar-refractivity contribution in [3.63, 3.8) is 0 Å². The van der Waals surface area contributed by atoms with Gasteiger partial charge in [-0.05, 0) is 55.1 Å². The summed E-state index contributed by atoms with van der Waals surface area (Å²) in [6, 6.07) is 2.87. The Hall–Kier alpha value is -0.380. The summed E-state index contributed by atoms with van der Waals surface area (Å²) in [5.74, 6) is 0. The van der Waals surface area contributed by atoms with Crippen LogP contribution in [0.15, 0.2) is 16.8 Å². The molecule has 1 N–H and O–H groups in total. The second kappa shape index (κ2) is 5.64. The molecular formula is C12H19NOS. The van der Waals surface area contributed by atoms with E-state index in [1.807, 2.05) is 0 Å². The number of hydrogen-bond acceptors (Lipinski definition) is 3. The minimum Gasteiger partial charge on any atom is -0.378 e. The predicted octanol–water partition coefficient (Wildman–Crippen LogP) is 2.45. The Labute approximate surface area is 95.6 Å². The van der Waals surface area contributed by atoms with E-state index in [1.54, 1.807) is 11.3 Å². The molecule has 0 aromatic carbocycles. The largest absolute Gasteiger partial charge is 0.378 e. The topological polar surface area (TPSA) is 21.3 Å². The van der Waals surface area contributed by atoms with Crippen LogP contribution in [0.5, 0.6) is 0 Å². The van der Waals surface area contributed by atoms with E-state index >= 15 is 0 Å². The third-order valence-electron chi connectivity index (χ3n) is 2.91. The second-order valence-corrected chi connectivity index (χ2v) is 5.02. The van der Waals surface area contributed by atoms with Gasteiger partial charge in [0.2, 0.25) is 0 Å². The van der Waals surface area contributed by atoms with Crippen molar-refractivity contribution < 1.29 is 4.74 Å². The Morgan fingerprint density at radius 3 is 3.27 bits per heavy atom. The Morgan fingerprint density at radius 1 is 1.60 bits per heavy atom. The van der Waals surface area contributed by atoms with Gasteiger partial charge in [0.05, 0.1) is 6.10 Å². The van der Waals surface area contributed by atoms with E-state index in [9.17, 15) is 0 Å². The summed E-state index contributed by atoms with van der Waals surface area (Å²) in [5.41, 5.74) is 1.45. The molecule has 0 aliphatic carbocycles. The summed E-state index contributed by atoms with van der Waals surface area (Å²) in [7, 11) is 0. The van der Waals surface area contributed by atoms with E-state index in [0.29, 0.717) is 12.1 Å². The monoisotopic (exact) mass is 225 g/mol. The Morgan fingerprint density at radius 2 is 2.53 bits per heavy atom. The van der Waals surface area contributed by atoms with Crippen molar-refractivity contribution in [2.75, 3.05) is 13.2 Å². The van der Waals surface area contributed by atoms with Gasteiger partial charge in [-0.1, -0.05) is 0 Å². The van der Waals surface area contributed by atoms with Gasteiger partial charge in [-0.15, -0.1) is 0 Å². The fraction of sp³-hybridized carbons (Fsp3) is 0.667. The lowest BCUT2D eigenvalue weighted by Gasteiger charge is -2.28. The van der Waals surface area contributed by atoms with Gasteiger partial charge < -0.3 is 10.1 Å². The fourth-order valence-corrected chi connectivity index (χ4v) is 2.74. The van der Waals surface area contributed by atoms with Gasteiger partial charge in [0.25, 0.3) is 0 Å². The molecule has 1 aromatic rings. The van der Waals surface area contributed by atoms with Gasteiger partial charge in [-0.25, -0.2) is 0 Å². The molecular weight excluding hydrogens is 206 g/mol. The van der Waals surface area contributed by atoms with E-state index in [1.165, 1.54) is 5.56 Å². The summed E-state index contributed by atoms with van der Waals surface area (Å²) in [5, 5.41) is 7.99. The van der Waals surface area contributed by atoms with E-state index in [0.717, 1.165) is 32.4 Å². The summed E-state index contributed by atoms with van der Waals surface area (Å²) >= 11 is 1.78. The van der Waals surface area contributed by atoms with Gasteiger partial charge in [0.1, 0.15) is 0 Å². The molecule has 1 fully saturated rings. The van der Waals surface area contributed by atoms with E-state index < -0.39 is 0 Å². The lowest BCUT2D eigenvalue weighted by molar-refractivity contribution is 0.0135. The van der Waals surface area contributed by atoms with Crippen molar-refractivity contribution >= 4 is 11.3 Å². The molecule has 2 unspecified atom stereocenters. The van der Waals surface area contributed by atoms with Crippen molar-refractivity contribution in [1.29, 1.82) is 0 Å². The van der Waals surface area contributed by atoms with Crippen LogP contribution in [-0.4, -0.2) is 25.3 Å². The zero-order valence-corrected chi connectivity index (χ0v) is 10.1. The highest BCUT2D eigenvalue weighted by Gasteiger charge is 2.18. The summed E-state index contributed by atoms with van der Waals surface area (Å²) in [6.45, 7) is 4.16. The van der Waals surface area contributed by atoms with Crippen LogP contribution >= 0.6 is 11.3 Å². The smallest absolute Gasteiger partial charge is 0.0561 e. The number of rotatable bonds is 4. The first-order chi connectivity index (χ1) is 7.34. The highest BCUT2D eigenvalue weighted by molar-refractivity contribution is 7.07. The van der Waals surface area contributed by atoms with Crippen LogP contribution in [0, 0.1) is 0 Å². The molecule has 2 rings (SSSR count). The Kier molecular flexibility index (Phi) is 4.18. The molecule has 1 aromatic heterocycles. The molecule has 0 amide bonds. The second-order valence-electron chi connectivity index (χ2n) is 4.24. The minimum atomic E-state index is 0.428. The van der Waals surface area contributed by atoms with Gasteiger partial charge in [-0.2, -0.15) is 11.3 Å². The molecule has 2 nitrogen and oxygen atoms in total. The first kappa shape index (κ1) is 11.1. The fourth-order valence-electron chi connectivity index (χ4n) is 2.04. The van der Waals surface area contributed by atoms with Gasteiger partial charge in [0, 0.05) is 12.6 Å². The molecule has 0 saturated carbocycles. The zero-order chi connectivity index (χ0) is 10.5. The number of nitrogens with one attached hydrogen (secondary N) is 1. The molecule has 1 aliphatic heterocycles. The lowest BCUT2D eigenvalue weighted by Crippen LogP contribution is -2.38. The quantitative estimate of drug-likeness (QED) is 0.850. The molecule has 15 heavy (non-hydrogen) atoms. The summed E-state index contributed by atoms with van der Waals surface area (Å²) in [4.78, 5) is 0. The average Bonchev–Trinajstić information content (AvgIpc) is 2.71. The maximum absolute atomic E-state index is 5.52. The van der Waals surface area contributed by atoms with Gasteiger partial charge in [0.15, 0.2) is 0 Å². The highest BCUT2D eigenvalue weighted by Crippen LogP contribution is 2.13. The predicted molar refractivity (Wildman–Crippen MR) is 64.5 cm³/mol. The Bertz CT molecular complexity index is 273. The standard InChI is InChI=1S/C12H19NOS/c1-10-8-12(3-6-14-10)13-5-2-11-4-7-15-9-11/h4,7,9-10,12-13H,2-3,5-6,8H2,1H3. The SMILES string of the molecule is CC1CC(NCCc2ccsc2)CCO1. The first-order valence-corrected chi connectivity index (χ1v) is 6.65. The van der Waals surface area contributed by atoms with Crippen LogP contribution in [0.25, 0.3) is 0 Å². The molecule has 0 spiro atoms. The molecule has 0 radical (unpaired) electrons. The highest BCUT2D eigenvalue weighted by atomic mass is 32.1. The Balaban J connectivity index is 1.65. The maximum atomic E-state index is 5.52. The van der Waals surface area contributed by atoms with E-state index in [4.69, 9.17) is 4.74 Å². The van der Waals surface area contributed by atoms with Crippen LogP contribution in [0.1, 0.15) is 25.3 Å². The van der Waals surface area contributed by atoms with Crippen LogP contribution in [-0.2, 0) is 11.2 Å². The molecule has 0 bridgehead atoms. The van der Waals surface area contributed by atoms with Gasteiger partial charge >= 0.3 is 0 Å². The zero-order valence-electron chi connectivity index (χ0n) is 9.24. The van der Waals surface area contributed by atoms with Crippen molar-refractivity contribution in [2.45, 2.75) is 38.3 Å². The number of thiophene rings is 1. The molecule has 84 valence electrons. The number of hydrogen-bond donors (Lipinski definition) is 1. The van der Waals surface area contributed by atoms with Crippen molar-refractivity contribution in [2.24, 2.45) is 0 Å².